The van der Waals surface area contributed by atoms with E-state index >= 15 is 0 Å². The summed E-state index contributed by atoms with van der Waals surface area (Å²) < 4.78 is 15.1. The minimum atomic E-state index is -0.356. The molecule has 0 unspecified atom stereocenters. The quantitative estimate of drug-likeness (QED) is 0.800. The maximum absolute atomic E-state index is 13.5. The van der Waals surface area contributed by atoms with Crippen molar-refractivity contribution < 1.29 is 9.18 Å². The van der Waals surface area contributed by atoms with E-state index in [-0.39, 0.29) is 12.4 Å². The van der Waals surface area contributed by atoms with Gasteiger partial charge in [-0.15, -0.1) is 0 Å². The van der Waals surface area contributed by atoms with Crippen molar-refractivity contribution in [3.8, 4) is 5.69 Å². The van der Waals surface area contributed by atoms with Crippen molar-refractivity contribution in [2.75, 3.05) is 0 Å². The van der Waals surface area contributed by atoms with Gasteiger partial charge in [0.05, 0.1) is 5.69 Å². The molecule has 0 aliphatic carbocycles. The smallest absolute Gasteiger partial charge is 0.166 e. The third-order valence-electron chi connectivity index (χ3n) is 2.44. The molecule has 1 aromatic heterocycles. The third-order valence-corrected chi connectivity index (χ3v) is 2.44. The van der Waals surface area contributed by atoms with E-state index < -0.39 is 0 Å². The standard InChI is InChI=1S/C12H11FN2O/c13-12-6-10(4-3-9(12)7-14)15-5-1-2-11(15)8-16/h1-6,8H,7,14H2. The van der Waals surface area contributed by atoms with Crippen LogP contribution in [0, 0.1) is 5.82 Å². The van der Waals surface area contributed by atoms with Crippen LogP contribution >= 0.6 is 0 Å². The van der Waals surface area contributed by atoms with Gasteiger partial charge in [0.2, 0.25) is 0 Å². The Balaban J connectivity index is 2.49. The number of nitrogens with zero attached hydrogens (tertiary/aromatic N) is 1. The molecule has 1 heterocycles. The first-order valence-electron chi connectivity index (χ1n) is 4.87. The number of halogens is 1. The predicted molar refractivity (Wildman–Crippen MR) is 59.0 cm³/mol. The predicted octanol–water partition coefficient (Wildman–Crippen LogP) is 1.89. The fourth-order valence-electron chi connectivity index (χ4n) is 1.58. The molecule has 1 aromatic carbocycles. The molecule has 0 spiro atoms. The molecule has 0 saturated carbocycles. The van der Waals surface area contributed by atoms with Crippen LogP contribution in [0.15, 0.2) is 36.5 Å². The number of aldehydes is 1. The van der Waals surface area contributed by atoms with E-state index in [1.54, 1.807) is 35.0 Å². The Bertz CT molecular complexity index is 519. The number of hydrogen-bond donors (Lipinski definition) is 1. The minimum Gasteiger partial charge on any atom is -0.326 e. The zero-order chi connectivity index (χ0) is 11.5. The lowest BCUT2D eigenvalue weighted by Gasteiger charge is -2.07. The van der Waals surface area contributed by atoms with Crippen LogP contribution in [-0.2, 0) is 6.54 Å². The Morgan fingerprint density at radius 2 is 2.19 bits per heavy atom. The molecule has 2 N–H and O–H groups in total. The van der Waals surface area contributed by atoms with Crippen LogP contribution in [-0.4, -0.2) is 10.9 Å². The molecule has 16 heavy (non-hydrogen) atoms. The highest BCUT2D eigenvalue weighted by atomic mass is 19.1. The summed E-state index contributed by atoms with van der Waals surface area (Å²) in [7, 11) is 0. The molecule has 0 aliphatic rings. The molecule has 82 valence electrons. The summed E-state index contributed by atoms with van der Waals surface area (Å²) in [4.78, 5) is 10.7. The zero-order valence-corrected chi connectivity index (χ0v) is 8.56. The van der Waals surface area contributed by atoms with Crippen molar-refractivity contribution in [3.05, 3.63) is 53.6 Å². The summed E-state index contributed by atoms with van der Waals surface area (Å²) in [6, 6.07) is 8.13. The van der Waals surface area contributed by atoms with Crippen molar-refractivity contribution in [1.29, 1.82) is 0 Å². The van der Waals surface area contributed by atoms with Gasteiger partial charge in [-0.1, -0.05) is 6.07 Å². The summed E-state index contributed by atoms with van der Waals surface area (Å²) >= 11 is 0. The molecular formula is C12H11FN2O. The molecule has 0 fully saturated rings. The molecular weight excluding hydrogens is 207 g/mol. The molecule has 0 saturated heterocycles. The zero-order valence-electron chi connectivity index (χ0n) is 8.56. The number of hydrogen-bond acceptors (Lipinski definition) is 2. The second-order valence-corrected chi connectivity index (χ2v) is 3.40. The van der Waals surface area contributed by atoms with Gasteiger partial charge in [-0.25, -0.2) is 4.39 Å². The largest absolute Gasteiger partial charge is 0.326 e. The van der Waals surface area contributed by atoms with Crippen molar-refractivity contribution in [3.63, 3.8) is 0 Å². The minimum absolute atomic E-state index is 0.165. The van der Waals surface area contributed by atoms with Crippen molar-refractivity contribution in [1.82, 2.24) is 4.57 Å². The van der Waals surface area contributed by atoms with Crippen LogP contribution in [0.3, 0.4) is 0 Å². The fourth-order valence-corrected chi connectivity index (χ4v) is 1.58. The van der Waals surface area contributed by atoms with E-state index in [0.29, 0.717) is 16.9 Å². The van der Waals surface area contributed by atoms with Gasteiger partial charge in [-0.2, -0.15) is 0 Å². The van der Waals surface area contributed by atoms with Crippen molar-refractivity contribution in [2.45, 2.75) is 6.54 Å². The number of benzene rings is 1. The lowest BCUT2D eigenvalue weighted by Crippen LogP contribution is -2.03. The second kappa shape index (κ2) is 4.28. The highest BCUT2D eigenvalue weighted by Crippen LogP contribution is 2.15. The maximum atomic E-state index is 13.5. The van der Waals surface area contributed by atoms with Crippen LogP contribution < -0.4 is 5.73 Å². The van der Waals surface area contributed by atoms with Gasteiger partial charge < -0.3 is 10.3 Å². The summed E-state index contributed by atoms with van der Waals surface area (Å²) in [5.74, 6) is -0.356. The average Bonchev–Trinajstić information content (AvgIpc) is 2.77. The highest BCUT2D eigenvalue weighted by molar-refractivity contribution is 5.73. The van der Waals surface area contributed by atoms with Gasteiger partial charge in [0.15, 0.2) is 6.29 Å². The lowest BCUT2D eigenvalue weighted by atomic mass is 10.2. The van der Waals surface area contributed by atoms with Gasteiger partial charge in [0.25, 0.3) is 0 Å². The first-order chi connectivity index (χ1) is 7.76. The number of aromatic nitrogens is 1. The molecule has 2 rings (SSSR count). The van der Waals surface area contributed by atoms with Gasteiger partial charge >= 0.3 is 0 Å². The Labute approximate surface area is 92.3 Å². The van der Waals surface area contributed by atoms with Crippen LogP contribution in [0.4, 0.5) is 4.39 Å². The molecule has 3 nitrogen and oxygen atoms in total. The maximum Gasteiger partial charge on any atom is 0.166 e. The van der Waals surface area contributed by atoms with Crippen LogP contribution in [0.5, 0.6) is 0 Å². The monoisotopic (exact) mass is 218 g/mol. The molecule has 0 radical (unpaired) electrons. The number of rotatable bonds is 3. The van der Waals surface area contributed by atoms with Crippen molar-refractivity contribution >= 4 is 6.29 Å². The molecule has 0 amide bonds. The lowest BCUT2D eigenvalue weighted by molar-refractivity contribution is 0.111. The summed E-state index contributed by atoms with van der Waals surface area (Å²) in [5, 5.41) is 0. The van der Waals surface area contributed by atoms with Gasteiger partial charge in [0.1, 0.15) is 5.82 Å². The SMILES string of the molecule is NCc1ccc(-n2cccc2C=O)cc1F. The van der Waals surface area contributed by atoms with E-state index in [1.807, 2.05) is 0 Å². The highest BCUT2D eigenvalue weighted by Gasteiger charge is 2.05. The van der Waals surface area contributed by atoms with E-state index in [1.165, 1.54) is 6.07 Å². The van der Waals surface area contributed by atoms with Gasteiger partial charge in [-0.3, -0.25) is 4.79 Å². The number of carbonyl (C=O) groups excluding carboxylic acids is 1. The molecule has 0 aliphatic heterocycles. The Morgan fingerprint density at radius 1 is 1.38 bits per heavy atom. The Hall–Kier alpha value is -1.94. The Morgan fingerprint density at radius 3 is 2.81 bits per heavy atom. The van der Waals surface area contributed by atoms with E-state index in [9.17, 15) is 9.18 Å². The second-order valence-electron chi connectivity index (χ2n) is 3.40. The first-order valence-corrected chi connectivity index (χ1v) is 4.87. The van der Waals surface area contributed by atoms with Gasteiger partial charge in [-0.05, 0) is 24.3 Å². The van der Waals surface area contributed by atoms with Crippen LogP contribution in [0.25, 0.3) is 5.69 Å². The topological polar surface area (TPSA) is 48.0 Å². The van der Waals surface area contributed by atoms with Gasteiger partial charge in [0, 0.05) is 24.0 Å². The number of nitrogens with two attached hydrogens (primary N) is 1. The van der Waals surface area contributed by atoms with Crippen LogP contribution in [0.1, 0.15) is 16.1 Å². The average molecular weight is 218 g/mol. The van der Waals surface area contributed by atoms with E-state index in [0.717, 1.165) is 6.29 Å². The van der Waals surface area contributed by atoms with Crippen molar-refractivity contribution in [2.24, 2.45) is 5.73 Å². The van der Waals surface area contributed by atoms with E-state index in [4.69, 9.17) is 5.73 Å². The summed E-state index contributed by atoms with van der Waals surface area (Å²) in [5.41, 5.74) is 6.93. The normalized spacial score (nSPS) is 10.4. The Kier molecular flexibility index (Phi) is 2.83. The fraction of sp³-hybridized carbons (Fsp3) is 0.0833. The third kappa shape index (κ3) is 1.75. The van der Waals surface area contributed by atoms with E-state index in [2.05, 4.69) is 0 Å². The molecule has 4 heteroatoms. The first kappa shape index (κ1) is 10.6. The molecule has 0 atom stereocenters. The molecule has 2 aromatic rings. The summed E-state index contributed by atoms with van der Waals surface area (Å²) in [6.45, 7) is 0.165. The molecule has 0 bridgehead atoms. The van der Waals surface area contributed by atoms with Crippen LogP contribution in [0.2, 0.25) is 0 Å². The number of carbonyl (C=O) groups is 1. The summed E-state index contributed by atoms with van der Waals surface area (Å²) in [6.07, 6.45) is 2.44.